The summed E-state index contributed by atoms with van der Waals surface area (Å²) in [6.07, 6.45) is 0. The first-order valence-corrected chi connectivity index (χ1v) is 24.6. The fraction of sp³-hybridized carbons (Fsp3) is 0.302. The third-order valence-corrected chi connectivity index (χ3v) is 15.3. The second kappa shape index (κ2) is 14.4. The average molecular weight is 876 g/mol. The molecule has 1 aliphatic carbocycles. The van der Waals surface area contributed by atoms with Crippen molar-refractivity contribution in [2.24, 2.45) is 0 Å². The highest BCUT2D eigenvalue weighted by Crippen LogP contribution is 2.58. The van der Waals surface area contributed by atoms with Crippen molar-refractivity contribution in [1.82, 2.24) is 4.48 Å². The molecule has 67 heavy (non-hydrogen) atoms. The zero-order valence-corrected chi connectivity index (χ0v) is 42.3. The van der Waals surface area contributed by atoms with Crippen LogP contribution in [0.4, 0.5) is 28.4 Å². The molecular weight excluding hydrogens is 810 g/mol. The lowest BCUT2D eigenvalue weighted by Crippen LogP contribution is -2.50. The molecule has 3 aliphatic rings. The van der Waals surface area contributed by atoms with Gasteiger partial charge in [0, 0.05) is 61.2 Å². The van der Waals surface area contributed by atoms with E-state index in [9.17, 15) is 0 Å². The number of anilines is 5. The van der Waals surface area contributed by atoms with Crippen LogP contribution in [-0.4, -0.2) is 11.3 Å². The van der Waals surface area contributed by atoms with E-state index in [-0.39, 0.29) is 33.9 Å². The molecule has 0 atom stereocenters. The molecule has 0 saturated carbocycles. The van der Waals surface area contributed by atoms with Crippen molar-refractivity contribution in [2.45, 2.75) is 124 Å². The third-order valence-electron chi connectivity index (χ3n) is 15.3. The molecule has 4 heteroatoms. The van der Waals surface area contributed by atoms with Crippen LogP contribution in [0.3, 0.4) is 0 Å². The lowest BCUT2D eigenvalue weighted by molar-refractivity contribution is 0.586. The molecule has 8 aromatic rings. The minimum absolute atomic E-state index is 0.0204. The fourth-order valence-corrected chi connectivity index (χ4v) is 11.6. The molecule has 7 aromatic carbocycles. The van der Waals surface area contributed by atoms with Crippen LogP contribution in [0.2, 0.25) is 0 Å². The van der Waals surface area contributed by atoms with Gasteiger partial charge in [0.15, 0.2) is 0 Å². The smallest absolute Gasteiger partial charge is 0.333 e. The highest BCUT2D eigenvalue weighted by molar-refractivity contribution is 6.93. The van der Waals surface area contributed by atoms with Crippen molar-refractivity contribution in [3.63, 3.8) is 0 Å². The molecule has 3 nitrogen and oxygen atoms in total. The van der Waals surface area contributed by atoms with E-state index in [1.165, 1.54) is 100 Å². The summed E-state index contributed by atoms with van der Waals surface area (Å²) in [6, 6.07) is 56.1. The van der Waals surface area contributed by atoms with Crippen molar-refractivity contribution >= 4 is 68.0 Å². The van der Waals surface area contributed by atoms with Gasteiger partial charge >= 0.3 is 6.85 Å². The molecule has 0 fully saturated rings. The number of rotatable bonds is 4. The van der Waals surface area contributed by atoms with Gasteiger partial charge < -0.3 is 14.3 Å². The van der Waals surface area contributed by atoms with Gasteiger partial charge in [-0.2, -0.15) is 0 Å². The zero-order chi connectivity index (χ0) is 47.3. The third kappa shape index (κ3) is 6.52. The van der Waals surface area contributed by atoms with Gasteiger partial charge in [-0.3, -0.25) is 0 Å². The Balaban J connectivity index is 1.34. The highest BCUT2D eigenvalue weighted by atomic mass is 15.2. The highest BCUT2D eigenvalue weighted by Gasteiger charge is 2.53. The Labute approximate surface area is 400 Å². The van der Waals surface area contributed by atoms with Gasteiger partial charge in [0.2, 0.25) is 0 Å². The van der Waals surface area contributed by atoms with Crippen molar-refractivity contribution in [3.8, 4) is 11.1 Å². The predicted octanol–water partition coefficient (Wildman–Crippen LogP) is 16.6. The second-order valence-electron chi connectivity index (χ2n) is 24.4. The molecule has 0 unspecified atom stereocenters. The first-order valence-electron chi connectivity index (χ1n) is 24.6. The molecule has 0 spiro atoms. The number of nitrogens with zero attached hydrogens (tertiary/aromatic N) is 3. The van der Waals surface area contributed by atoms with Crippen LogP contribution >= 0.6 is 0 Å². The van der Waals surface area contributed by atoms with E-state index in [1.54, 1.807) is 0 Å². The van der Waals surface area contributed by atoms with E-state index in [0.29, 0.717) is 0 Å². The Bertz CT molecular complexity index is 3300. The summed E-state index contributed by atoms with van der Waals surface area (Å²) >= 11 is 0. The molecule has 3 heterocycles. The van der Waals surface area contributed by atoms with E-state index >= 15 is 0 Å². The average Bonchev–Trinajstić information content (AvgIpc) is 3.73. The van der Waals surface area contributed by atoms with Crippen LogP contribution in [0.15, 0.2) is 151 Å². The Morgan fingerprint density at radius 2 is 1.03 bits per heavy atom. The molecule has 1 aromatic heterocycles. The van der Waals surface area contributed by atoms with Gasteiger partial charge in [-0.25, -0.2) is 0 Å². The zero-order valence-electron chi connectivity index (χ0n) is 42.3. The number of hydrogen-bond donors (Lipinski definition) is 0. The number of fused-ring (bicyclic) bond motifs is 8. The van der Waals surface area contributed by atoms with E-state index in [0.717, 1.165) is 11.4 Å². The molecule has 2 aliphatic heterocycles. The van der Waals surface area contributed by atoms with Crippen molar-refractivity contribution in [3.05, 3.63) is 185 Å². The topological polar surface area (TPSA) is 11.4 Å². The molecule has 0 saturated heterocycles. The van der Waals surface area contributed by atoms with Gasteiger partial charge in [0.25, 0.3) is 0 Å². The summed E-state index contributed by atoms with van der Waals surface area (Å²) < 4.78 is 2.79. The summed E-state index contributed by atoms with van der Waals surface area (Å²) in [4.78, 5) is 5.17. The predicted molar refractivity (Wildman–Crippen MR) is 290 cm³/mol. The Morgan fingerprint density at radius 1 is 0.493 bits per heavy atom. The van der Waals surface area contributed by atoms with Gasteiger partial charge in [-0.1, -0.05) is 176 Å². The first-order chi connectivity index (χ1) is 31.5. The summed E-state index contributed by atoms with van der Waals surface area (Å²) in [5, 5.41) is 2.59. The van der Waals surface area contributed by atoms with Crippen LogP contribution in [0.1, 0.15) is 130 Å². The lowest BCUT2D eigenvalue weighted by atomic mass is 9.43. The molecule has 0 radical (unpaired) electrons. The quantitative estimate of drug-likeness (QED) is 0.163. The van der Waals surface area contributed by atoms with Crippen molar-refractivity contribution in [2.75, 3.05) is 9.80 Å². The SMILES string of the molecule is CC(C)(C)c1ccc(N2C3=C(B4c5c(cc(C(C)(C)C)cc52)-c2cc(C(C)(C)C)cc5c6c(N(c7ccccc7)c7ccccc7)cccc6n4c25)c2cc(C(C)(C)C)ccc2C3(C)C)cc1. The van der Waals surface area contributed by atoms with E-state index in [4.69, 9.17) is 0 Å². The van der Waals surface area contributed by atoms with Crippen molar-refractivity contribution < 1.29 is 0 Å². The second-order valence-corrected chi connectivity index (χ2v) is 24.4. The Hall–Kier alpha value is -6.26. The number of allylic oxidation sites excluding steroid dienone is 1. The lowest BCUT2D eigenvalue weighted by Gasteiger charge is -2.44. The maximum absolute atomic E-state index is 2.79. The summed E-state index contributed by atoms with van der Waals surface area (Å²) in [5.41, 5.74) is 23.1. The minimum atomic E-state index is -0.305. The number of para-hydroxylation sites is 2. The van der Waals surface area contributed by atoms with E-state index in [1.807, 2.05) is 0 Å². The largest absolute Gasteiger partial charge is 0.375 e. The van der Waals surface area contributed by atoms with Crippen LogP contribution in [0.25, 0.3) is 38.4 Å². The van der Waals surface area contributed by atoms with Gasteiger partial charge in [0.05, 0.1) is 5.69 Å². The van der Waals surface area contributed by atoms with Crippen LogP contribution in [-0.2, 0) is 27.1 Å². The summed E-state index contributed by atoms with van der Waals surface area (Å²) in [5.74, 6) is 0. The van der Waals surface area contributed by atoms with E-state index < -0.39 is 0 Å². The molecular formula is C63H66BN3. The maximum Gasteiger partial charge on any atom is 0.333 e. The molecule has 336 valence electrons. The van der Waals surface area contributed by atoms with Gasteiger partial charge in [-0.15, -0.1) is 0 Å². The van der Waals surface area contributed by atoms with Gasteiger partial charge in [-0.05, 0) is 138 Å². The minimum Gasteiger partial charge on any atom is -0.375 e. The number of hydrogen-bond acceptors (Lipinski definition) is 2. The molecule has 0 N–H and O–H groups in total. The Kier molecular flexibility index (Phi) is 9.30. The monoisotopic (exact) mass is 876 g/mol. The molecule has 0 amide bonds. The van der Waals surface area contributed by atoms with Gasteiger partial charge in [0.1, 0.15) is 0 Å². The maximum atomic E-state index is 2.79. The number of aromatic nitrogens is 1. The van der Waals surface area contributed by atoms with Crippen LogP contribution < -0.4 is 15.3 Å². The van der Waals surface area contributed by atoms with Crippen molar-refractivity contribution in [1.29, 1.82) is 0 Å². The number of benzene rings is 7. The summed E-state index contributed by atoms with van der Waals surface area (Å²) in [6.45, 7) is 33.2. The standard InChI is InChI=1S/C63H66BN3/c1-59(2,3)39-28-31-45(32-29-39)66-53-38-42(62(10,11)12)35-46-47-36-41(61(7,8)9)37-49-54-51(65(43-22-17-15-18-23-43)44-24-19-16-20-25-44)26-21-27-52(54)67(57(47)49)64(55(46)53)56-48-34-40(60(4,5)6)30-33-50(48)63(13,14)58(56)66/h15-38H,1-14H3. The summed E-state index contributed by atoms with van der Waals surface area (Å²) in [7, 11) is 0. The molecule has 0 bridgehead atoms. The fourth-order valence-electron chi connectivity index (χ4n) is 11.6. The Morgan fingerprint density at radius 3 is 1.61 bits per heavy atom. The normalized spacial score (nSPS) is 15.3. The first kappa shape index (κ1) is 43.3. The molecule has 11 rings (SSSR count). The van der Waals surface area contributed by atoms with Crippen LogP contribution in [0, 0.1) is 0 Å². The van der Waals surface area contributed by atoms with E-state index in [2.05, 4.69) is 257 Å². The van der Waals surface area contributed by atoms with Crippen LogP contribution in [0.5, 0.6) is 0 Å².